The van der Waals surface area contributed by atoms with Crippen LogP contribution in [0, 0.1) is 5.41 Å². The summed E-state index contributed by atoms with van der Waals surface area (Å²) in [5.41, 5.74) is 1.28. The summed E-state index contributed by atoms with van der Waals surface area (Å²) < 4.78 is 5.70. The molecule has 1 atom stereocenters. The van der Waals surface area contributed by atoms with Gasteiger partial charge in [-0.1, -0.05) is 25.5 Å². The Morgan fingerprint density at radius 1 is 1.44 bits per heavy atom. The molecule has 0 aromatic rings. The first kappa shape index (κ1) is 13.2. The van der Waals surface area contributed by atoms with Crippen molar-refractivity contribution in [3.8, 4) is 0 Å². The SMILES string of the molecule is CC(=O)N1CCO[C@@H]1C(C)(C)CC=C(C)C. The van der Waals surface area contributed by atoms with Gasteiger partial charge < -0.3 is 9.64 Å². The number of nitrogens with zero attached hydrogens (tertiary/aromatic N) is 1. The van der Waals surface area contributed by atoms with Gasteiger partial charge in [0, 0.05) is 18.9 Å². The molecule has 92 valence electrons. The zero-order valence-corrected chi connectivity index (χ0v) is 11.0. The van der Waals surface area contributed by atoms with Crippen LogP contribution in [0.1, 0.15) is 41.0 Å². The van der Waals surface area contributed by atoms with Crippen LogP contribution in [0.3, 0.4) is 0 Å². The van der Waals surface area contributed by atoms with Gasteiger partial charge in [-0.3, -0.25) is 4.79 Å². The largest absolute Gasteiger partial charge is 0.356 e. The van der Waals surface area contributed by atoms with Crippen molar-refractivity contribution in [2.24, 2.45) is 5.41 Å². The highest BCUT2D eigenvalue weighted by Gasteiger charge is 2.39. The monoisotopic (exact) mass is 225 g/mol. The van der Waals surface area contributed by atoms with E-state index < -0.39 is 0 Å². The first-order valence-electron chi connectivity index (χ1n) is 5.87. The lowest BCUT2D eigenvalue weighted by atomic mass is 9.86. The summed E-state index contributed by atoms with van der Waals surface area (Å²) in [6.45, 7) is 11.5. The van der Waals surface area contributed by atoms with Gasteiger partial charge in [0.15, 0.2) is 0 Å². The standard InChI is InChI=1S/C13H23NO2/c1-10(2)6-7-13(4,5)12-14(11(3)15)8-9-16-12/h6,12H,7-9H2,1-5H3/t12-/m1/s1. The van der Waals surface area contributed by atoms with Gasteiger partial charge in [-0.2, -0.15) is 0 Å². The third kappa shape index (κ3) is 3.08. The summed E-state index contributed by atoms with van der Waals surface area (Å²) in [5, 5.41) is 0. The lowest BCUT2D eigenvalue weighted by molar-refractivity contribution is -0.140. The van der Waals surface area contributed by atoms with Crippen molar-refractivity contribution in [1.29, 1.82) is 0 Å². The molecule has 0 saturated carbocycles. The van der Waals surface area contributed by atoms with E-state index in [1.165, 1.54) is 5.57 Å². The third-order valence-corrected chi connectivity index (χ3v) is 3.00. The maximum Gasteiger partial charge on any atom is 0.221 e. The van der Waals surface area contributed by atoms with Crippen molar-refractivity contribution >= 4 is 5.91 Å². The first-order valence-corrected chi connectivity index (χ1v) is 5.87. The molecular weight excluding hydrogens is 202 g/mol. The second-order valence-electron chi connectivity index (χ2n) is 5.41. The van der Waals surface area contributed by atoms with Crippen LogP contribution < -0.4 is 0 Å². The van der Waals surface area contributed by atoms with E-state index >= 15 is 0 Å². The maximum atomic E-state index is 11.5. The average molecular weight is 225 g/mol. The van der Waals surface area contributed by atoms with Gasteiger partial charge >= 0.3 is 0 Å². The van der Waals surface area contributed by atoms with Gasteiger partial charge in [0.25, 0.3) is 0 Å². The van der Waals surface area contributed by atoms with E-state index in [4.69, 9.17) is 4.74 Å². The van der Waals surface area contributed by atoms with E-state index in [2.05, 4.69) is 33.8 Å². The van der Waals surface area contributed by atoms with E-state index in [0.717, 1.165) is 13.0 Å². The predicted molar refractivity (Wildman–Crippen MR) is 65.0 cm³/mol. The number of hydrogen-bond acceptors (Lipinski definition) is 2. The van der Waals surface area contributed by atoms with E-state index in [9.17, 15) is 4.79 Å². The van der Waals surface area contributed by atoms with Gasteiger partial charge in [-0.25, -0.2) is 0 Å². The van der Waals surface area contributed by atoms with Crippen molar-refractivity contribution in [2.45, 2.75) is 47.3 Å². The second kappa shape index (κ2) is 5.00. The van der Waals surface area contributed by atoms with Gasteiger partial charge in [-0.15, -0.1) is 0 Å². The van der Waals surface area contributed by atoms with Crippen molar-refractivity contribution in [1.82, 2.24) is 4.90 Å². The van der Waals surface area contributed by atoms with Gasteiger partial charge in [0.2, 0.25) is 5.91 Å². The summed E-state index contributed by atoms with van der Waals surface area (Å²) in [6, 6.07) is 0. The van der Waals surface area contributed by atoms with Gasteiger partial charge in [0.05, 0.1) is 6.61 Å². The average Bonchev–Trinajstić information content (AvgIpc) is 2.63. The molecule has 0 unspecified atom stereocenters. The van der Waals surface area contributed by atoms with Crippen LogP contribution >= 0.6 is 0 Å². The van der Waals surface area contributed by atoms with E-state index in [1.807, 2.05) is 4.90 Å². The molecule has 3 nitrogen and oxygen atoms in total. The third-order valence-electron chi connectivity index (χ3n) is 3.00. The number of ether oxygens (including phenoxy) is 1. The Kier molecular flexibility index (Phi) is 4.14. The lowest BCUT2D eigenvalue weighted by Crippen LogP contribution is -2.44. The van der Waals surface area contributed by atoms with Gasteiger partial charge in [-0.05, 0) is 20.3 Å². The number of allylic oxidation sites excluding steroid dienone is 2. The molecule has 1 aliphatic heterocycles. The summed E-state index contributed by atoms with van der Waals surface area (Å²) >= 11 is 0. The topological polar surface area (TPSA) is 29.5 Å². The zero-order valence-electron chi connectivity index (χ0n) is 11.0. The highest BCUT2D eigenvalue weighted by molar-refractivity contribution is 5.73. The quantitative estimate of drug-likeness (QED) is 0.691. The Balaban J connectivity index is 2.74. The maximum absolute atomic E-state index is 11.5. The number of amides is 1. The van der Waals surface area contributed by atoms with Crippen LogP contribution in [-0.2, 0) is 9.53 Å². The van der Waals surface area contributed by atoms with Crippen LogP contribution in [0.25, 0.3) is 0 Å². The van der Waals surface area contributed by atoms with Gasteiger partial charge in [0.1, 0.15) is 6.23 Å². The summed E-state index contributed by atoms with van der Waals surface area (Å²) in [5.74, 6) is 0.104. The zero-order chi connectivity index (χ0) is 12.3. The predicted octanol–water partition coefficient (Wildman–Crippen LogP) is 2.57. The fourth-order valence-electron chi connectivity index (χ4n) is 2.01. The highest BCUT2D eigenvalue weighted by atomic mass is 16.5. The minimum Gasteiger partial charge on any atom is -0.356 e. The fourth-order valence-corrected chi connectivity index (χ4v) is 2.01. The minimum atomic E-state index is -0.0828. The van der Waals surface area contributed by atoms with Crippen LogP contribution in [0.5, 0.6) is 0 Å². The molecule has 0 aromatic carbocycles. The Hall–Kier alpha value is -0.830. The Labute approximate surface area is 98.5 Å². The van der Waals surface area contributed by atoms with Crippen LogP contribution in [-0.4, -0.2) is 30.2 Å². The van der Waals surface area contributed by atoms with Crippen LogP contribution in [0.4, 0.5) is 0 Å². The summed E-state index contributed by atoms with van der Waals surface area (Å²) in [7, 11) is 0. The molecule has 0 aliphatic carbocycles. The van der Waals surface area contributed by atoms with E-state index in [1.54, 1.807) is 6.92 Å². The molecule has 1 aliphatic rings. The summed E-state index contributed by atoms with van der Waals surface area (Å²) in [6.07, 6.45) is 3.06. The Bertz CT molecular complexity index is 290. The molecule has 1 saturated heterocycles. The lowest BCUT2D eigenvalue weighted by Gasteiger charge is -2.35. The number of carbonyl (C=O) groups excluding carboxylic acids is 1. The Morgan fingerprint density at radius 2 is 2.06 bits per heavy atom. The number of carbonyl (C=O) groups is 1. The van der Waals surface area contributed by atoms with Crippen molar-refractivity contribution in [3.63, 3.8) is 0 Å². The second-order valence-corrected chi connectivity index (χ2v) is 5.41. The Morgan fingerprint density at radius 3 is 2.56 bits per heavy atom. The molecule has 0 bridgehead atoms. The van der Waals surface area contributed by atoms with Crippen molar-refractivity contribution in [2.75, 3.05) is 13.2 Å². The normalized spacial score (nSPS) is 21.1. The molecule has 0 spiro atoms. The first-order chi connectivity index (χ1) is 7.34. The summed E-state index contributed by atoms with van der Waals surface area (Å²) in [4.78, 5) is 13.3. The molecule has 1 fully saturated rings. The molecule has 0 aromatic heterocycles. The molecule has 1 heterocycles. The molecule has 0 N–H and O–H groups in total. The van der Waals surface area contributed by atoms with Crippen LogP contribution in [0.15, 0.2) is 11.6 Å². The molecule has 1 rings (SSSR count). The fraction of sp³-hybridized carbons (Fsp3) is 0.769. The highest BCUT2D eigenvalue weighted by Crippen LogP contribution is 2.33. The van der Waals surface area contributed by atoms with E-state index in [0.29, 0.717) is 6.61 Å². The number of hydrogen-bond donors (Lipinski definition) is 0. The molecular formula is C13H23NO2. The van der Waals surface area contributed by atoms with Crippen LogP contribution in [0.2, 0.25) is 0 Å². The molecule has 1 amide bonds. The molecule has 0 radical (unpaired) electrons. The smallest absolute Gasteiger partial charge is 0.221 e. The molecule has 16 heavy (non-hydrogen) atoms. The minimum absolute atomic E-state index is 0.0283. The number of rotatable bonds is 3. The van der Waals surface area contributed by atoms with E-state index in [-0.39, 0.29) is 17.6 Å². The van der Waals surface area contributed by atoms with Crippen molar-refractivity contribution < 1.29 is 9.53 Å². The van der Waals surface area contributed by atoms with Crippen molar-refractivity contribution in [3.05, 3.63) is 11.6 Å². The molecule has 3 heteroatoms.